The van der Waals surface area contributed by atoms with Gasteiger partial charge < -0.3 is 9.52 Å². The van der Waals surface area contributed by atoms with Crippen LogP contribution in [0.3, 0.4) is 0 Å². The molecule has 0 fully saturated rings. The Morgan fingerprint density at radius 1 is 1.06 bits per heavy atom. The van der Waals surface area contributed by atoms with E-state index in [0.29, 0.717) is 21.7 Å². The van der Waals surface area contributed by atoms with Gasteiger partial charge in [0.1, 0.15) is 11.3 Å². The summed E-state index contributed by atoms with van der Waals surface area (Å²) in [5.74, 6) is -0.0896. The molecule has 1 N–H and O–H groups in total. The number of phenols is 1. The second kappa shape index (κ2) is 3.50. The summed E-state index contributed by atoms with van der Waals surface area (Å²) in [6.07, 6.45) is 0. The van der Waals surface area contributed by atoms with Crippen LogP contribution < -0.4 is 5.63 Å². The molecular weight excluding hydrogens is 240 g/mol. The maximum Gasteiger partial charge on any atom is 0.344 e. The van der Waals surface area contributed by atoms with Crippen molar-refractivity contribution in [1.82, 2.24) is 0 Å². The molecule has 3 rings (SSSR count). The van der Waals surface area contributed by atoms with E-state index in [4.69, 9.17) is 16.0 Å². The van der Waals surface area contributed by atoms with Crippen LogP contribution in [0.5, 0.6) is 5.75 Å². The topological polar surface area (TPSA) is 50.4 Å². The van der Waals surface area contributed by atoms with Crippen molar-refractivity contribution in [3.63, 3.8) is 0 Å². The highest BCUT2D eigenvalue weighted by atomic mass is 35.5. The standard InChI is InChI=1S/C13H7ClO3/c14-9-6-5-8-11(12(9)15)7-3-1-2-4-10(7)17-13(8)16/h1-6,15H. The molecule has 3 aromatic rings. The summed E-state index contributed by atoms with van der Waals surface area (Å²) in [7, 11) is 0. The quantitative estimate of drug-likeness (QED) is 0.489. The zero-order valence-corrected chi connectivity index (χ0v) is 9.36. The molecule has 1 aromatic heterocycles. The summed E-state index contributed by atoms with van der Waals surface area (Å²) in [6.45, 7) is 0. The van der Waals surface area contributed by atoms with Gasteiger partial charge in [-0.15, -0.1) is 0 Å². The first-order valence-corrected chi connectivity index (χ1v) is 5.39. The molecule has 0 aliphatic heterocycles. The van der Waals surface area contributed by atoms with Crippen molar-refractivity contribution in [1.29, 1.82) is 0 Å². The maximum atomic E-state index is 11.7. The molecule has 0 saturated heterocycles. The van der Waals surface area contributed by atoms with Crippen LogP contribution in [0, 0.1) is 0 Å². The van der Waals surface area contributed by atoms with Crippen molar-refractivity contribution >= 4 is 33.3 Å². The highest BCUT2D eigenvalue weighted by Gasteiger charge is 2.12. The number of hydrogen-bond donors (Lipinski definition) is 1. The molecule has 84 valence electrons. The van der Waals surface area contributed by atoms with E-state index in [0.717, 1.165) is 0 Å². The van der Waals surface area contributed by atoms with Crippen LogP contribution in [0.4, 0.5) is 0 Å². The lowest BCUT2D eigenvalue weighted by Gasteiger charge is -2.05. The third-order valence-electron chi connectivity index (χ3n) is 2.71. The van der Waals surface area contributed by atoms with E-state index in [9.17, 15) is 9.90 Å². The smallest absolute Gasteiger partial charge is 0.344 e. The fraction of sp³-hybridized carbons (Fsp3) is 0. The van der Waals surface area contributed by atoms with Crippen molar-refractivity contribution in [2.24, 2.45) is 0 Å². The molecule has 0 atom stereocenters. The summed E-state index contributed by atoms with van der Waals surface area (Å²) in [5.41, 5.74) is -0.0479. The Kier molecular flexibility index (Phi) is 2.09. The number of halogens is 1. The normalized spacial score (nSPS) is 11.1. The lowest BCUT2D eigenvalue weighted by atomic mass is 10.1. The van der Waals surface area contributed by atoms with E-state index in [1.807, 2.05) is 6.07 Å². The van der Waals surface area contributed by atoms with Crippen LogP contribution in [-0.2, 0) is 0 Å². The highest BCUT2D eigenvalue weighted by molar-refractivity contribution is 6.33. The van der Waals surface area contributed by atoms with Gasteiger partial charge in [0, 0.05) is 10.8 Å². The predicted octanol–water partition coefficient (Wildman–Crippen LogP) is 3.31. The van der Waals surface area contributed by atoms with Gasteiger partial charge in [-0.05, 0) is 18.2 Å². The van der Waals surface area contributed by atoms with Crippen molar-refractivity contribution < 1.29 is 9.52 Å². The summed E-state index contributed by atoms with van der Waals surface area (Å²) < 4.78 is 5.16. The fourth-order valence-electron chi connectivity index (χ4n) is 1.93. The Morgan fingerprint density at radius 2 is 1.82 bits per heavy atom. The van der Waals surface area contributed by atoms with Crippen molar-refractivity contribution in [3.05, 3.63) is 51.8 Å². The first-order valence-electron chi connectivity index (χ1n) is 5.01. The van der Waals surface area contributed by atoms with Crippen LogP contribution in [0.15, 0.2) is 45.6 Å². The number of rotatable bonds is 0. The zero-order valence-electron chi connectivity index (χ0n) is 8.61. The van der Waals surface area contributed by atoms with E-state index < -0.39 is 5.63 Å². The second-order valence-electron chi connectivity index (χ2n) is 3.70. The Labute approximate surface area is 101 Å². The molecular formula is C13H7ClO3. The molecule has 0 bridgehead atoms. The van der Waals surface area contributed by atoms with Crippen LogP contribution >= 0.6 is 11.6 Å². The van der Waals surface area contributed by atoms with E-state index in [1.165, 1.54) is 6.07 Å². The Hall–Kier alpha value is -2.00. The van der Waals surface area contributed by atoms with Crippen molar-refractivity contribution in [2.45, 2.75) is 0 Å². The second-order valence-corrected chi connectivity index (χ2v) is 4.11. The minimum absolute atomic E-state index is 0.0896. The SMILES string of the molecule is O=c1oc2ccccc2c2c(O)c(Cl)ccc12. The number of fused-ring (bicyclic) bond motifs is 3. The van der Waals surface area contributed by atoms with Crippen LogP contribution in [0.2, 0.25) is 5.02 Å². The number of aromatic hydroxyl groups is 1. The van der Waals surface area contributed by atoms with Crippen molar-refractivity contribution in [2.75, 3.05) is 0 Å². The molecule has 0 unspecified atom stereocenters. The average Bonchev–Trinajstić information content (AvgIpc) is 2.33. The summed E-state index contributed by atoms with van der Waals surface area (Å²) in [5, 5.41) is 11.6. The monoisotopic (exact) mass is 246 g/mol. The third kappa shape index (κ3) is 1.40. The van der Waals surface area contributed by atoms with E-state index in [1.54, 1.807) is 24.3 Å². The molecule has 4 heteroatoms. The summed E-state index contributed by atoms with van der Waals surface area (Å²) in [4.78, 5) is 11.7. The Morgan fingerprint density at radius 3 is 2.65 bits per heavy atom. The first-order chi connectivity index (χ1) is 8.18. The van der Waals surface area contributed by atoms with E-state index in [-0.39, 0.29) is 10.8 Å². The van der Waals surface area contributed by atoms with Gasteiger partial charge in [-0.3, -0.25) is 0 Å². The van der Waals surface area contributed by atoms with Crippen LogP contribution in [0.1, 0.15) is 0 Å². The van der Waals surface area contributed by atoms with Gasteiger partial charge in [0.2, 0.25) is 0 Å². The molecule has 3 nitrogen and oxygen atoms in total. The summed E-state index contributed by atoms with van der Waals surface area (Å²) >= 11 is 5.86. The average molecular weight is 247 g/mol. The van der Waals surface area contributed by atoms with Gasteiger partial charge in [-0.1, -0.05) is 29.8 Å². The molecule has 0 radical (unpaired) electrons. The molecule has 0 amide bonds. The molecule has 17 heavy (non-hydrogen) atoms. The van der Waals surface area contributed by atoms with Gasteiger partial charge >= 0.3 is 5.63 Å². The van der Waals surface area contributed by atoms with Gasteiger partial charge in [-0.2, -0.15) is 0 Å². The van der Waals surface area contributed by atoms with E-state index in [2.05, 4.69) is 0 Å². The largest absolute Gasteiger partial charge is 0.506 e. The maximum absolute atomic E-state index is 11.7. The summed E-state index contributed by atoms with van der Waals surface area (Å²) in [6, 6.07) is 10.1. The Balaban J connectivity index is 2.72. The molecule has 1 heterocycles. The van der Waals surface area contributed by atoms with Gasteiger partial charge in [0.25, 0.3) is 0 Å². The van der Waals surface area contributed by atoms with Crippen molar-refractivity contribution in [3.8, 4) is 5.75 Å². The third-order valence-corrected chi connectivity index (χ3v) is 3.01. The minimum Gasteiger partial charge on any atom is -0.506 e. The lowest BCUT2D eigenvalue weighted by Crippen LogP contribution is -1.99. The van der Waals surface area contributed by atoms with Crippen LogP contribution in [-0.4, -0.2) is 5.11 Å². The minimum atomic E-state index is -0.481. The lowest BCUT2D eigenvalue weighted by molar-refractivity contribution is 0.481. The molecule has 2 aromatic carbocycles. The van der Waals surface area contributed by atoms with Gasteiger partial charge in [0.15, 0.2) is 0 Å². The van der Waals surface area contributed by atoms with Crippen LogP contribution in [0.25, 0.3) is 21.7 Å². The first kappa shape index (κ1) is 10.2. The number of benzene rings is 2. The van der Waals surface area contributed by atoms with E-state index >= 15 is 0 Å². The van der Waals surface area contributed by atoms with Gasteiger partial charge in [-0.25, -0.2) is 4.79 Å². The number of phenolic OH excluding ortho intramolecular Hbond substituents is 1. The molecule has 0 aliphatic carbocycles. The number of para-hydroxylation sites is 1. The van der Waals surface area contributed by atoms with Gasteiger partial charge in [0.05, 0.1) is 10.4 Å². The molecule has 0 spiro atoms. The molecule has 0 aliphatic rings. The fourth-order valence-corrected chi connectivity index (χ4v) is 2.08. The predicted molar refractivity (Wildman–Crippen MR) is 66.7 cm³/mol. The molecule has 0 saturated carbocycles. The number of hydrogen-bond acceptors (Lipinski definition) is 3. The highest BCUT2D eigenvalue weighted by Crippen LogP contribution is 2.35. The zero-order chi connectivity index (χ0) is 12.0. The Bertz CT molecular complexity index is 790.